The molecule has 5 aromatic rings. The first kappa shape index (κ1) is 14.5. The fourth-order valence-corrected chi connectivity index (χ4v) is 3.17. The molecule has 0 fully saturated rings. The zero-order valence-electron chi connectivity index (χ0n) is 13.8. The van der Waals surface area contributed by atoms with Gasteiger partial charge >= 0.3 is 0 Å². The fourth-order valence-electron chi connectivity index (χ4n) is 3.17. The van der Waals surface area contributed by atoms with Gasteiger partial charge < -0.3 is 11.1 Å². The molecule has 0 unspecified atom stereocenters. The first-order valence-electron chi connectivity index (χ1n) is 8.32. The largest absolute Gasteiger partial charge is 0.399 e. The van der Waals surface area contributed by atoms with Crippen molar-refractivity contribution < 1.29 is 0 Å². The van der Waals surface area contributed by atoms with Gasteiger partial charge in [-0.15, -0.1) is 5.10 Å². The summed E-state index contributed by atoms with van der Waals surface area (Å²) in [4.78, 5) is 0. The van der Waals surface area contributed by atoms with E-state index in [1.807, 2.05) is 65.5 Å². The predicted octanol–water partition coefficient (Wildman–Crippen LogP) is 4.23. The van der Waals surface area contributed by atoms with Crippen molar-refractivity contribution in [3.8, 4) is 5.69 Å². The zero-order chi connectivity index (χ0) is 17.5. The molecule has 3 aromatic carbocycles. The molecule has 0 aliphatic rings. The lowest BCUT2D eigenvalue weighted by Gasteiger charge is -2.04. The predicted molar refractivity (Wildman–Crippen MR) is 105 cm³/mol. The Balaban J connectivity index is 1.63. The molecule has 5 rings (SSSR count). The van der Waals surface area contributed by atoms with Gasteiger partial charge in [-0.3, -0.25) is 5.10 Å². The molecular weight excluding hydrogens is 324 g/mol. The van der Waals surface area contributed by atoms with Crippen LogP contribution in [-0.2, 0) is 0 Å². The van der Waals surface area contributed by atoms with E-state index in [1.165, 1.54) is 0 Å². The summed E-state index contributed by atoms with van der Waals surface area (Å²) in [6.07, 6.45) is 1.81. The van der Waals surface area contributed by atoms with Gasteiger partial charge in [-0.1, -0.05) is 18.2 Å². The van der Waals surface area contributed by atoms with Crippen LogP contribution in [0.25, 0.3) is 27.5 Å². The van der Waals surface area contributed by atoms with Crippen LogP contribution in [0.15, 0.2) is 72.9 Å². The van der Waals surface area contributed by atoms with Crippen molar-refractivity contribution in [1.82, 2.24) is 20.0 Å². The minimum Gasteiger partial charge on any atom is -0.399 e. The van der Waals surface area contributed by atoms with Gasteiger partial charge in [0.2, 0.25) is 0 Å². The van der Waals surface area contributed by atoms with Crippen molar-refractivity contribution in [1.29, 1.82) is 0 Å². The normalized spacial score (nSPS) is 11.2. The maximum Gasteiger partial charge on any atom is 0.160 e. The first-order valence-corrected chi connectivity index (χ1v) is 8.32. The molecular formula is C20H16N6. The highest BCUT2D eigenvalue weighted by molar-refractivity contribution is 5.94. The molecule has 0 aliphatic heterocycles. The molecule has 0 atom stereocenters. The molecule has 2 aromatic heterocycles. The lowest BCUT2D eigenvalue weighted by atomic mass is 10.2. The molecule has 26 heavy (non-hydrogen) atoms. The van der Waals surface area contributed by atoms with E-state index in [-0.39, 0.29) is 0 Å². The lowest BCUT2D eigenvalue weighted by molar-refractivity contribution is 0.915. The number of nitrogens with zero attached hydrogens (tertiary/aromatic N) is 3. The number of fused-ring (bicyclic) bond motifs is 2. The molecule has 0 radical (unpaired) electrons. The van der Waals surface area contributed by atoms with E-state index >= 15 is 0 Å². The Hall–Kier alpha value is -3.80. The number of benzene rings is 3. The molecule has 0 saturated carbocycles. The van der Waals surface area contributed by atoms with Crippen molar-refractivity contribution in [2.45, 2.75) is 0 Å². The number of nitrogen functional groups attached to an aromatic ring is 1. The van der Waals surface area contributed by atoms with Gasteiger partial charge in [0.05, 0.1) is 22.9 Å². The monoisotopic (exact) mass is 340 g/mol. The number of nitrogens with one attached hydrogen (secondary N) is 2. The highest BCUT2D eigenvalue weighted by Crippen LogP contribution is 2.29. The summed E-state index contributed by atoms with van der Waals surface area (Å²) >= 11 is 0. The van der Waals surface area contributed by atoms with Crippen molar-refractivity contribution in [3.05, 3.63) is 72.9 Å². The maximum atomic E-state index is 5.95. The summed E-state index contributed by atoms with van der Waals surface area (Å²) in [7, 11) is 0. The van der Waals surface area contributed by atoms with Gasteiger partial charge in [0.15, 0.2) is 5.82 Å². The Morgan fingerprint density at radius 3 is 2.81 bits per heavy atom. The Morgan fingerprint density at radius 1 is 0.962 bits per heavy atom. The highest BCUT2D eigenvalue weighted by atomic mass is 15.3. The maximum absolute atomic E-state index is 5.95. The average molecular weight is 340 g/mol. The minimum atomic E-state index is 0.710. The average Bonchev–Trinajstić information content (AvgIpc) is 3.26. The molecule has 0 bridgehead atoms. The second-order valence-corrected chi connectivity index (χ2v) is 6.17. The van der Waals surface area contributed by atoms with Gasteiger partial charge in [-0.2, -0.15) is 5.10 Å². The van der Waals surface area contributed by atoms with Crippen LogP contribution in [0, 0.1) is 0 Å². The number of hydrogen-bond donors (Lipinski definition) is 3. The second-order valence-electron chi connectivity index (χ2n) is 6.17. The number of H-pyrrole nitrogens is 1. The van der Waals surface area contributed by atoms with E-state index in [4.69, 9.17) is 10.8 Å². The van der Waals surface area contributed by atoms with Crippen LogP contribution in [0.4, 0.5) is 17.2 Å². The molecule has 4 N–H and O–H groups in total. The second kappa shape index (κ2) is 5.63. The molecule has 2 heterocycles. The van der Waals surface area contributed by atoms with Gasteiger partial charge in [0.25, 0.3) is 0 Å². The molecule has 0 saturated heterocycles. The summed E-state index contributed by atoms with van der Waals surface area (Å²) in [5, 5.41) is 17.3. The molecule has 0 spiro atoms. The van der Waals surface area contributed by atoms with Crippen LogP contribution in [0.3, 0.4) is 0 Å². The quantitative estimate of drug-likeness (QED) is 0.429. The van der Waals surface area contributed by atoms with E-state index in [0.717, 1.165) is 39.0 Å². The summed E-state index contributed by atoms with van der Waals surface area (Å²) in [5.74, 6) is 0.797. The minimum absolute atomic E-state index is 0.710. The summed E-state index contributed by atoms with van der Waals surface area (Å²) in [5.41, 5.74) is 10.6. The van der Waals surface area contributed by atoms with Gasteiger partial charge in [0.1, 0.15) is 0 Å². The van der Waals surface area contributed by atoms with Gasteiger partial charge in [-0.05, 0) is 48.5 Å². The number of rotatable bonds is 3. The topological polar surface area (TPSA) is 84.5 Å². The number of aromatic amines is 1. The van der Waals surface area contributed by atoms with Gasteiger partial charge in [-0.25, -0.2) is 4.68 Å². The number of aromatic nitrogens is 4. The van der Waals surface area contributed by atoms with Crippen LogP contribution >= 0.6 is 0 Å². The number of anilines is 3. The van der Waals surface area contributed by atoms with Crippen LogP contribution in [0.2, 0.25) is 0 Å². The van der Waals surface area contributed by atoms with Crippen molar-refractivity contribution >= 4 is 39.0 Å². The van der Waals surface area contributed by atoms with Gasteiger partial charge in [0, 0.05) is 22.1 Å². The highest BCUT2D eigenvalue weighted by Gasteiger charge is 2.12. The van der Waals surface area contributed by atoms with E-state index in [0.29, 0.717) is 5.69 Å². The third-order valence-electron chi connectivity index (χ3n) is 4.41. The zero-order valence-corrected chi connectivity index (χ0v) is 13.8. The van der Waals surface area contributed by atoms with Crippen molar-refractivity contribution in [2.24, 2.45) is 0 Å². The molecule has 0 amide bonds. The summed E-state index contributed by atoms with van der Waals surface area (Å²) in [6, 6.07) is 21.9. The third kappa shape index (κ3) is 2.36. The van der Waals surface area contributed by atoms with Crippen LogP contribution in [0.5, 0.6) is 0 Å². The SMILES string of the molecule is Nc1cccc(-n2nc(Nc3ccc4[nH]ncc4c3)c3ccccc32)c1. The van der Waals surface area contributed by atoms with E-state index in [2.05, 4.69) is 27.6 Å². The van der Waals surface area contributed by atoms with Crippen LogP contribution in [-0.4, -0.2) is 20.0 Å². The Labute approximate surface area is 149 Å². The van der Waals surface area contributed by atoms with Crippen LogP contribution in [0.1, 0.15) is 0 Å². The third-order valence-corrected chi connectivity index (χ3v) is 4.41. The molecule has 0 aliphatic carbocycles. The number of para-hydroxylation sites is 1. The first-order chi connectivity index (χ1) is 12.8. The number of nitrogens with two attached hydrogens (primary N) is 1. The lowest BCUT2D eigenvalue weighted by Crippen LogP contribution is -1.98. The van der Waals surface area contributed by atoms with E-state index in [1.54, 1.807) is 0 Å². The van der Waals surface area contributed by atoms with Crippen molar-refractivity contribution in [3.63, 3.8) is 0 Å². The molecule has 126 valence electrons. The molecule has 6 nitrogen and oxygen atoms in total. The number of hydrogen-bond acceptors (Lipinski definition) is 4. The fraction of sp³-hybridized carbons (Fsp3) is 0. The van der Waals surface area contributed by atoms with Crippen molar-refractivity contribution in [2.75, 3.05) is 11.1 Å². The standard InChI is InChI=1S/C20H16N6/c21-14-4-3-5-16(11-14)26-19-7-2-1-6-17(19)20(25-26)23-15-8-9-18-13(10-15)12-22-24-18/h1-12H,21H2,(H,22,24)(H,23,25). The van der Waals surface area contributed by atoms with E-state index in [9.17, 15) is 0 Å². The molecule has 6 heteroatoms. The Kier molecular flexibility index (Phi) is 3.15. The summed E-state index contributed by atoms with van der Waals surface area (Å²) in [6.45, 7) is 0. The Bertz CT molecular complexity index is 1230. The summed E-state index contributed by atoms with van der Waals surface area (Å²) < 4.78 is 1.91. The Morgan fingerprint density at radius 2 is 1.88 bits per heavy atom. The smallest absolute Gasteiger partial charge is 0.160 e. The van der Waals surface area contributed by atoms with Crippen LogP contribution < -0.4 is 11.1 Å². The van der Waals surface area contributed by atoms with E-state index < -0.39 is 0 Å².